The number of methoxy groups -OCH3 is 1. The van der Waals surface area contributed by atoms with Gasteiger partial charge in [0.1, 0.15) is 11.4 Å². The van der Waals surface area contributed by atoms with Crippen LogP contribution in [0.2, 0.25) is 0 Å². The van der Waals surface area contributed by atoms with E-state index in [2.05, 4.69) is 9.98 Å². The van der Waals surface area contributed by atoms with Crippen LogP contribution in [-0.2, 0) is 0 Å². The fourth-order valence-electron chi connectivity index (χ4n) is 2.83. The molecule has 0 amide bonds. The number of fused-ring (bicyclic) bond motifs is 1. The lowest BCUT2D eigenvalue weighted by Gasteiger charge is -2.04. The van der Waals surface area contributed by atoms with Gasteiger partial charge in [-0.2, -0.15) is 0 Å². The third-order valence-electron chi connectivity index (χ3n) is 4.07. The molecule has 0 atom stereocenters. The Labute approximate surface area is 149 Å². The second-order valence-electron chi connectivity index (χ2n) is 5.58. The maximum Gasteiger partial charge on any atom is 0.222 e. The first-order chi connectivity index (χ1) is 12.2. The van der Waals surface area contributed by atoms with Crippen molar-refractivity contribution in [2.45, 2.75) is 0 Å². The topological polar surface area (TPSA) is 62.5 Å². The summed E-state index contributed by atoms with van der Waals surface area (Å²) in [6.45, 7) is 0. The predicted octanol–water partition coefficient (Wildman–Crippen LogP) is 4.51. The van der Waals surface area contributed by atoms with Crippen molar-refractivity contribution in [1.82, 2.24) is 9.55 Å². The quantitative estimate of drug-likeness (QED) is 0.684. The maximum absolute atomic E-state index is 10.6. The molecule has 0 fully saturated rings. The molecule has 4 rings (SSSR count). The van der Waals surface area contributed by atoms with Crippen molar-refractivity contribution in [3.63, 3.8) is 0 Å². The van der Waals surface area contributed by atoms with Gasteiger partial charge in [-0.15, -0.1) is 0 Å². The largest absolute Gasteiger partial charge is 0.497 e. The van der Waals surface area contributed by atoms with Gasteiger partial charge in [0.05, 0.1) is 18.5 Å². The first kappa shape index (κ1) is 15.4. The molecule has 124 valence electrons. The summed E-state index contributed by atoms with van der Waals surface area (Å²) in [5, 5.41) is 10.6. The molecule has 1 aromatic heterocycles. The summed E-state index contributed by atoms with van der Waals surface area (Å²) in [6, 6.07) is 15.2. The Morgan fingerprint density at radius 2 is 2.00 bits per heavy atom. The molecule has 0 spiro atoms. The maximum atomic E-state index is 10.6. The molecular weight excluding hydrogens is 334 g/mol. The van der Waals surface area contributed by atoms with Crippen molar-refractivity contribution in [2.75, 3.05) is 7.11 Å². The second-order valence-corrected chi connectivity index (χ2v) is 5.97. The van der Waals surface area contributed by atoms with Crippen molar-refractivity contribution in [2.24, 2.45) is 4.99 Å². The monoisotopic (exact) mass is 349 g/mol. The van der Waals surface area contributed by atoms with E-state index in [4.69, 9.17) is 17.0 Å². The highest BCUT2D eigenvalue weighted by Gasteiger charge is 2.16. The van der Waals surface area contributed by atoms with Gasteiger partial charge in [0.15, 0.2) is 4.77 Å². The Morgan fingerprint density at radius 3 is 2.76 bits per heavy atom. The molecule has 0 unspecified atom stereocenters. The van der Waals surface area contributed by atoms with E-state index >= 15 is 0 Å². The Hall–Kier alpha value is -3.12. The molecule has 0 saturated carbocycles. The Kier molecular flexibility index (Phi) is 3.74. The Bertz CT molecular complexity index is 1060. The van der Waals surface area contributed by atoms with Gasteiger partial charge < -0.3 is 14.8 Å². The van der Waals surface area contributed by atoms with Gasteiger partial charge in [0, 0.05) is 17.4 Å². The summed E-state index contributed by atoms with van der Waals surface area (Å²) in [4.78, 5) is 7.45. The van der Waals surface area contributed by atoms with Crippen LogP contribution in [0.3, 0.4) is 0 Å². The van der Waals surface area contributed by atoms with E-state index in [0.29, 0.717) is 10.5 Å². The SMILES string of the molecule is COc1ccc2c(c1)/C(=C\c1[nH]c(=S)n(-c3ccccc3)c1O)C=N2. The number of imidazole rings is 1. The van der Waals surface area contributed by atoms with E-state index < -0.39 is 0 Å². The fraction of sp³-hybridized carbons (Fsp3) is 0.0526. The number of H-pyrrole nitrogens is 1. The van der Waals surface area contributed by atoms with E-state index in [9.17, 15) is 5.11 Å². The van der Waals surface area contributed by atoms with Gasteiger partial charge in [-0.25, -0.2) is 0 Å². The Morgan fingerprint density at radius 1 is 1.20 bits per heavy atom. The third kappa shape index (κ3) is 2.66. The molecule has 0 aliphatic carbocycles. The minimum Gasteiger partial charge on any atom is -0.497 e. The van der Waals surface area contributed by atoms with Crippen LogP contribution in [0.4, 0.5) is 5.69 Å². The van der Waals surface area contributed by atoms with Crippen molar-refractivity contribution >= 4 is 35.8 Å². The number of ether oxygens (including phenoxy) is 1. The number of allylic oxidation sites excluding steroid dienone is 1. The van der Waals surface area contributed by atoms with Crippen molar-refractivity contribution in [3.8, 4) is 17.3 Å². The third-order valence-corrected chi connectivity index (χ3v) is 4.35. The Balaban J connectivity index is 1.80. The standard InChI is InChI=1S/C19H15N3O2S/c1-24-14-7-8-16-15(10-14)12(11-20-16)9-17-18(23)22(19(25)21-17)13-5-3-2-4-6-13/h2-11,23H,1H3,(H,21,25)/b12-9-. The van der Waals surface area contributed by atoms with Crippen LogP contribution in [0.1, 0.15) is 11.3 Å². The summed E-state index contributed by atoms with van der Waals surface area (Å²) in [7, 11) is 1.63. The smallest absolute Gasteiger partial charge is 0.222 e. The summed E-state index contributed by atoms with van der Waals surface area (Å²) in [5.74, 6) is 0.822. The molecule has 6 heteroatoms. The zero-order valence-electron chi connectivity index (χ0n) is 13.4. The number of aromatic nitrogens is 2. The molecule has 0 saturated heterocycles. The summed E-state index contributed by atoms with van der Waals surface area (Å²) >= 11 is 5.37. The van der Waals surface area contributed by atoms with Gasteiger partial charge in [-0.05, 0) is 48.6 Å². The molecule has 1 aliphatic heterocycles. The minimum absolute atomic E-state index is 0.0634. The highest BCUT2D eigenvalue weighted by molar-refractivity contribution is 7.71. The van der Waals surface area contributed by atoms with Gasteiger partial charge in [0.2, 0.25) is 5.88 Å². The van der Waals surface area contributed by atoms with Crippen LogP contribution in [0.5, 0.6) is 11.6 Å². The predicted molar refractivity (Wildman–Crippen MR) is 102 cm³/mol. The number of nitrogens with zero attached hydrogens (tertiary/aromatic N) is 2. The molecule has 2 aromatic carbocycles. The van der Waals surface area contributed by atoms with Crippen molar-refractivity contribution in [1.29, 1.82) is 0 Å². The van der Waals surface area contributed by atoms with E-state index in [0.717, 1.165) is 28.3 Å². The molecule has 2 N–H and O–H groups in total. The van der Waals surface area contributed by atoms with Gasteiger partial charge >= 0.3 is 0 Å². The second kappa shape index (κ2) is 6.07. The fourth-order valence-corrected chi connectivity index (χ4v) is 3.13. The lowest BCUT2D eigenvalue weighted by molar-refractivity contribution is 0.415. The van der Waals surface area contributed by atoms with Crippen LogP contribution in [-0.4, -0.2) is 28.0 Å². The molecule has 25 heavy (non-hydrogen) atoms. The number of rotatable bonds is 3. The number of aromatic hydroxyl groups is 1. The average molecular weight is 349 g/mol. The summed E-state index contributed by atoms with van der Waals surface area (Å²) in [6.07, 6.45) is 3.60. The van der Waals surface area contributed by atoms with E-state index in [1.807, 2.05) is 54.6 Å². The average Bonchev–Trinajstić information content (AvgIpc) is 3.16. The molecule has 3 aromatic rings. The lowest BCUT2D eigenvalue weighted by atomic mass is 10.1. The number of nitrogens with one attached hydrogen (secondary N) is 1. The first-order valence-corrected chi connectivity index (χ1v) is 8.12. The van der Waals surface area contributed by atoms with Crippen molar-refractivity contribution < 1.29 is 9.84 Å². The number of para-hydroxylation sites is 1. The molecule has 2 heterocycles. The van der Waals surface area contributed by atoms with Gasteiger partial charge in [-0.1, -0.05) is 18.2 Å². The zero-order valence-corrected chi connectivity index (χ0v) is 14.2. The van der Waals surface area contributed by atoms with Gasteiger partial charge in [-0.3, -0.25) is 9.56 Å². The number of aromatic amines is 1. The molecule has 1 aliphatic rings. The van der Waals surface area contributed by atoms with E-state index in [1.54, 1.807) is 17.9 Å². The van der Waals surface area contributed by atoms with Crippen LogP contribution < -0.4 is 4.74 Å². The van der Waals surface area contributed by atoms with Crippen LogP contribution in [0.25, 0.3) is 17.3 Å². The van der Waals surface area contributed by atoms with Crippen LogP contribution in [0.15, 0.2) is 53.5 Å². The molecule has 5 nitrogen and oxygen atoms in total. The first-order valence-electron chi connectivity index (χ1n) is 7.71. The number of benzene rings is 2. The highest BCUT2D eigenvalue weighted by Crippen LogP contribution is 2.36. The number of hydrogen-bond acceptors (Lipinski definition) is 4. The van der Waals surface area contributed by atoms with E-state index in [-0.39, 0.29) is 5.88 Å². The highest BCUT2D eigenvalue weighted by atomic mass is 32.1. The number of aliphatic imine (C=N–C) groups is 1. The van der Waals surface area contributed by atoms with Gasteiger partial charge in [0.25, 0.3) is 0 Å². The molecule has 0 bridgehead atoms. The molecule has 0 radical (unpaired) electrons. The van der Waals surface area contributed by atoms with Crippen LogP contribution in [0, 0.1) is 4.77 Å². The summed E-state index contributed by atoms with van der Waals surface area (Å²) in [5.41, 5.74) is 4.03. The van der Waals surface area contributed by atoms with Crippen molar-refractivity contribution in [3.05, 3.63) is 64.6 Å². The molecular formula is C19H15N3O2S. The number of hydrogen-bond donors (Lipinski definition) is 2. The lowest BCUT2D eigenvalue weighted by Crippen LogP contribution is -1.92. The normalized spacial score (nSPS) is 14.0. The zero-order chi connectivity index (χ0) is 17.4. The van der Waals surface area contributed by atoms with E-state index in [1.165, 1.54) is 0 Å². The van der Waals surface area contributed by atoms with Crippen LogP contribution >= 0.6 is 12.2 Å². The minimum atomic E-state index is 0.0634. The summed E-state index contributed by atoms with van der Waals surface area (Å²) < 4.78 is 7.31.